The van der Waals surface area contributed by atoms with Gasteiger partial charge in [0.15, 0.2) is 11.6 Å². The van der Waals surface area contributed by atoms with Crippen LogP contribution in [0.2, 0.25) is 0 Å². The quantitative estimate of drug-likeness (QED) is 0.289. The van der Waals surface area contributed by atoms with Crippen molar-refractivity contribution in [3.05, 3.63) is 77.4 Å². The van der Waals surface area contributed by atoms with Gasteiger partial charge in [-0.2, -0.15) is 0 Å². The van der Waals surface area contributed by atoms with Gasteiger partial charge in [-0.1, -0.05) is 56.2 Å². The van der Waals surface area contributed by atoms with Crippen LogP contribution < -0.4 is 4.74 Å². The summed E-state index contributed by atoms with van der Waals surface area (Å²) in [7, 11) is 0. The molecule has 0 atom stereocenters. The summed E-state index contributed by atoms with van der Waals surface area (Å²) in [6.45, 7) is 4.04. The van der Waals surface area contributed by atoms with Crippen LogP contribution in [-0.4, -0.2) is 6.61 Å². The molecule has 0 unspecified atom stereocenters. The summed E-state index contributed by atoms with van der Waals surface area (Å²) < 4.78 is 62.3. The van der Waals surface area contributed by atoms with E-state index in [-0.39, 0.29) is 23.5 Å². The molecule has 1 nitrogen and oxygen atoms in total. The predicted molar refractivity (Wildman–Crippen MR) is 133 cm³/mol. The molecule has 1 fully saturated rings. The maximum Gasteiger partial charge on any atom is 0.267 e. The fourth-order valence-electron chi connectivity index (χ4n) is 5.35. The second-order valence-electron chi connectivity index (χ2n) is 9.40. The first-order valence-corrected chi connectivity index (χ1v) is 12.6. The Hall–Kier alpha value is -2.82. The SMILES string of the molecule is CCCC1CCC(c2ccc(-c3ccc(-c4ccc(OCC)c(F)c4C(F)F)cc3F)cc2)CC1. The fraction of sp³-hybridized carbons (Fsp3) is 0.400. The van der Waals surface area contributed by atoms with Crippen molar-refractivity contribution in [1.29, 1.82) is 0 Å². The molecule has 0 heterocycles. The molecule has 4 rings (SSSR count). The summed E-state index contributed by atoms with van der Waals surface area (Å²) in [5.74, 6) is -0.486. The third-order valence-corrected chi connectivity index (χ3v) is 7.18. The lowest BCUT2D eigenvalue weighted by molar-refractivity contribution is 0.145. The average molecular weight is 485 g/mol. The molecule has 0 saturated heterocycles. The summed E-state index contributed by atoms with van der Waals surface area (Å²) >= 11 is 0. The largest absolute Gasteiger partial charge is 0.491 e. The summed E-state index contributed by atoms with van der Waals surface area (Å²) in [5.41, 5.74) is 1.78. The Kier molecular flexibility index (Phi) is 8.15. The van der Waals surface area contributed by atoms with Gasteiger partial charge in [0, 0.05) is 5.56 Å². The lowest BCUT2D eigenvalue weighted by Gasteiger charge is -2.28. The molecule has 35 heavy (non-hydrogen) atoms. The molecule has 0 N–H and O–H groups in total. The van der Waals surface area contributed by atoms with E-state index in [9.17, 15) is 13.2 Å². The third-order valence-electron chi connectivity index (χ3n) is 7.18. The van der Waals surface area contributed by atoms with Crippen LogP contribution in [0.15, 0.2) is 54.6 Å². The molecule has 1 aliphatic rings. The monoisotopic (exact) mass is 484 g/mol. The van der Waals surface area contributed by atoms with Gasteiger partial charge in [0.1, 0.15) is 5.82 Å². The Morgan fingerprint density at radius 1 is 0.829 bits per heavy atom. The molecule has 0 bridgehead atoms. The average Bonchev–Trinajstić information content (AvgIpc) is 2.86. The van der Waals surface area contributed by atoms with Crippen molar-refractivity contribution in [1.82, 2.24) is 0 Å². The van der Waals surface area contributed by atoms with Gasteiger partial charge in [-0.15, -0.1) is 0 Å². The maximum atomic E-state index is 15.1. The van der Waals surface area contributed by atoms with Gasteiger partial charge in [0.25, 0.3) is 6.43 Å². The van der Waals surface area contributed by atoms with Crippen molar-refractivity contribution >= 4 is 0 Å². The molecule has 0 radical (unpaired) electrons. The van der Waals surface area contributed by atoms with E-state index in [4.69, 9.17) is 4.74 Å². The highest BCUT2D eigenvalue weighted by Gasteiger charge is 2.24. The van der Waals surface area contributed by atoms with Crippen molar-refractivity contribution in [2.24, 2.45) is 5.92 Å². The van der Waals surface area contributed by atoms with Crippen molar-refractivity contribution in [2.45, 2.75) is 64.7 Å². The highest BCUT2D eigenvalue weighted by molar-refractivity contribution is 5.74. The molecule has 1 saturated carbocycles. The fourth-order valence-corrected chi connectivity index (χ4v) is 5.35. The van der Waals surface area contributed by atoms with Crippen LogP contribution in [0.25, 0.3) is 22.3 Å². The van der Waals surface area contributed by atoms with E-state index in [1.807, 2.05) is 12.1 Å². The van der Waals surface area contributed by atoms with E-state index >= 15 is 4.39 Å². The van der Waals surface area contributed by atoms with Gasteiger partial charge < -0.3 is 4.74 Å². The summed E-state index contributed by atoms with van der Waals surface area (Å²) in [6, 6.07) is 15.0. The van der Waals surface area contributed by atoms with Crippen LogP contribution in [0.1, 0.15) is 75.8 Å². The van der Waals surface area contributed by atoms with Crippen molar-refractivity contribution in [2.75, 3.05) is 6.61 Å². The van der Waals surface area contributed by atoms with Gasteiger partial charge in [-0.05, 0) is 84.9 Å². The van der Waals surface area contributed by atoms with Crippen LogP contribution in [0, 0.1) is 17.6 Å². The number of alkyl halides is 2. The van der Waals surface area contributed by atoms with E-state index in [0.29, 0.717) is 11.5 Å². The van der Waals surface area contributed by atoms with Crippen molar-refractivity contribution < 1.29 is 22.3 Å². The van der Waals surface area contributed by atoms with E-state index in [2.05, 4.69) is 19.1 Å². The van der Waals surface area contributed by atoms with E-state index < -0.39 is 23.6 Å². The van der Waals surface area contributed by atoms with Gasteiger partial charge in [-0.25, -0.2) is 17.6 Å². The van der Waals surface area contributed by atoms with Crippen LogP contribution >= 0.6 is 0 Å². The molecule has 3 aromatic carbocycles. The Labute approximate surface area is 205 Å². The minimum absolute atomic E-state index is 0.0413. The highest BCUT2D eigenvalue weighted by Crippen LogP contribution is 2.40. The predicted octanol–water partition coefficient (Wildman–Crippen LogP) is 9.71. The third kappa shape index (κ3) is 5.55. The summed E-state index contributed by atoms with van der Waals surface area (Å²) in [6.07, 6.45) is 4.41. The molecule has 186 valence electrons. The molecule has 0 amide bonds. The molecular weight excluding hydrogens is 452 g/mol. The van der Waals surface area contributed by atoms with Gasteiger partial charge in [0.2, 0.25) is 0 Å². The molecule has 0 aromatic heterocycles. The number of rotatable bonds is 8. The van der Waals surface area contributed by atoms with Gasteiger partial charge in [0.05, 0.1) is 12.2 Å². The summed E-state index contributed by atoms with van der Waals surface area (Å²) in [5, 5.41) is 0. The van der Waals surface area contributed by atoms with Crippen LogP contribution in [0.4, 0.5) is 17.6 Å². The topological polar surface area (TPSA) is 9.23 Å². The first-order valence-electron chi connectivity index (χ1n) is 12.6. The zero-order valence-electron chi connectivity index (χ0n) is 20.3. The summed E-state index contributed by atoms with van der Waals surface area (Å²) in [4.78, 5) is 0. The van der Waals surface area contributed by atoms with Crippen LogP contribution in [0.3, 0.4) is 0 Å². The highest BCUT2D eigenvalue weighted by atomic mass is 19.3. The Balaban J connectivity index is 1.56. The second kappa shape index (κ2) is 11.3. The zero-order chi connectivity index (χ0) is 24.9. The normalized spacial score (nSPS) is 18.1. The number of hydrogen-bond donors (Lipinski definition) is 0. The standard InChI is InChI=1S/C30H32F4O/c1-3-5-19-6-8-20(9-7-19)21-10-12-22(13-11-21)24-15-14-23(18-26(24)31)25-16-17-27(35-4-2)29(32)28(25)30(33)34/h10-20,30H,3-9H2,1-2H3. The number of hydrogen-bond acceptors (Lipinski definition) is 1. The maximum absolute atomic E-state index is 15.1. The minimum Gasteiger partial charge on any atom is -0.491 e. The molecule has 0 spiro atoms. The Morgan fingerprint density at radius 2 is 1.49 bits per heavy atom. The van der Waals surface area contributed by atoms with Gasteiger partial charge in [-0.3, -0.25) is 0 Å². The first-order chi connectivity index (χ1) is 16.9. The van der Waals surface area contributed by atoms with Crippen LogP contribution in [0.5, 0.6) is 5.75 Å². The first kappa shape index (κ1) is 25.3. The van der Waals surface area contributed by atoms with Crippen molar-refractivity contribution in [3.63, 3.8) is 0 Å². The van der Waals surface area contributed by atoms with Crippen LogP contribution in [-0.2, 0) is 0 Å². The second-order valence-corrected chi connectivity index (χ2v) is 9.40. The Bertz CT molecular complexity index is 1130. The van der Waals surface area contributed by atoms with Gasteiger partial charge >= 0.3 is 0 Å². The molecule has 1 aliphatic carbocycles. The number of benzene rings is 3. The lowest BCUT2D eigenvalue weighted by Crippen LogP contribution is -2.13. The smallest absolute Gasteiger partial charge is 0.267 e. The Morgan fingerprint density at radius 3 is 2.09 bits per heavy atom. The molecular formula is C30H32F4O. The minimum atomic E-state index is -3.06. The van der Waals surface area contributed by atoms with Crippen molar-refractivity contribution in [3.8, 4) is 28.0 Å². The lowest BCUT2D eigenvalue weighted by atomic mass is 9.77. The number of ether oxygens (including phenoxy) is 1. The van der Waals surface area contributed by atoms with E-state index in [0.717, 1.165) is 11.5 Å². The molecule has 5 heteroatoms. The molecule has 0 aliphatic heterocycles. The molecule has 3 aromatic rings. The zero-order valence-corrected chi connectivity index (χ0v) is 20.3. The van der Waals surface area contributed by atoms with E-state index in [1.165, 1.54) is 62.3 Å². The van der Waals surface area contributed by atoms with E-state index in [1.54, 1.807) is 19.1 Å². The number of halogens is 4.